The molecule has 1 aromatic carbocycles. The van der Waals surface area contributed by atoms with E-state index in [0.29, 0.717) is 29.5 Å². The Morgan fingerprint density at radius 1 is 1.28 bits per heavy atom. The van der Waals surface area contributed by atoms with Crippen LogP contribution in [0.2, 0.25) is 0 Å². The predicted octanol–water partition coefficient (Wildman–Crippen LogP) is 3.92. The van der Waals surface area contributed by atoms with Crippen LogP contribution in [0, 0.1) is 5.82 Å². The minimum atomic E-state index is -0.214. The average Bonchev–Trinajstić information content (AvgIpc) is 2.72. The van der Waals surface area contributed by atoms with Crippen molar-refractivity contribution in [3.63, 3.8) is 0 Å². The quantitative estimate of drug-likeness (QED) is 0.523. The maximum Gasteiger partial charge on any atom is 0.234 e. The predicted molar refractivity (Wildman–Crippen MR) is 118 cm³/mol. The van der Waals surface area contributed by atoms with Gasteiger partial charge in [0.15, 0.2) is 5.11 Å². The molecule has 29 heavy (non-hydrogen) atoms. The van der Waals surface area contributed by atoms with E-state index in [4.69, 9.17) is 17.0 Å². The largest absolute Gasteiger partial charge is 0.481 e. The molecule has 0 saturated carbocycles. The lowest BCUT2D eigenvalue weighted by Crippen LogP contribution is -2.38. The second-order valence-electron chi connectivity index (χ2n) is 7.24. The molecule has 1 aliphatic heterocycles. The lowest BCUT2D eigenvalue weighted by atomic mass is 10.0. The van der Waals surface area contributed by atoms with Crippen LogP contribution in [-0.2, 0) is 6.42 Å². The Morgan fingerprint density at radius 2 is 2.07 bits per heavy atom. The molecule has 1 aliphatic rings. The highest BCUT2D eigenvalue weighted by Gasteiger charge is 2.21. The molecule has 2 N–H and O–H groups in total. The highest BCUT2D eigenvalue weighted by molar-refractivity contribution is 7.80. The third-order valence-corrected chi connectivity index (χ3v) is 5.31. The zero-order chi connectivity index (χ0) is 20.6. The summed E-state index contributed by atoms with van der Waals surface area (Å²) < 4.78 is 18.3. The van der Waals surface area contributed by atoms with Crippen molar-refractivity contribution in [1.29, 1.82) is 0 Å². The van der Waals surface area contributed by atoms with Crippen molar-refractivity contribution in [2.45, 2.75) is 45.1 Å². The first-order valence-electron chi connectivity index (χ1n) is 10.0. The van der Waals surface area contributed by atoms with Gasteiger partial charge in [-0.1, -0.05) is 12.1 Å². The van der Waals surface area contributed by atoms with Gasteiger partial charge in [-0.2, -0.15) is 9.97 Å². The summed E-state index contributed by atoms with van der Waals surface area (Å²) in [5.41, 5.74) is 1.10. The number of hydrogen-bond acceptors (Lipinski definition) is 5. The lowest BCUT2D eigenvalue weighted by molar-refractivity contribution is 0.396. The molecule has 1 aromatic heterocycles. The Morgan fingerprint density at radius 3 is 2.79 bits per heavy atom. The third kappa shape index (κ3) is 6.25. The van der Waals surface area contributed by atoms with E-state index in [1.165, 1.54) is 18.6 Å². The van der Waals surface area contributed by atoms with Gasteiger partial charge in [0, 0.05) is 25.2 Å². The summed E-state index contributed by atoms with van der Waals surface area (Å²) in [6.45, 7) is 3.89. The van der Waals surface area contributed by atoms with Gasteiger partial charge in [0.1, 0.15) is 11.6 Å². The summed E-state index contributed by atoms with van der Waals surface area (Å²) in [6, 6.07) is 8.88. The number of hydrogen-bond donors (Lipinski definition) is 2. The topological polar surface area (TPSA) is 62.3 Å². The Bertz CT molecular complexity index is 817. The Balaban J connectivity index is 1.53. The van der Waals surface area contributed by atoms with E-state index in [1.807, 2.05) is 6.07 Å². The molecule has 8 heteroatoms. The van der Waals surface area contributed by atoms with Crippen LogP contribution in [0.3, 0.4) is 0 Å². The van der Waals surface area contributed by atoms with Crippen molar-refractivity contribution in [2.24, 2.45) is 0 Å². The second-order valence-corrected chi connectivity index (χ2v) is 7.65. The molecule has 2 aromatic rings. The number of benzene rings is 1. The molecular formula is C21H28FN5OS. The summed E-state index contributed by atoms with van der Waals surface area (Å²) in [7, 11) is 1.60. The molecule has 3 rings (SSSR count). The Kier molecular flexibility index (Phi) is 7.57. The molecule has 0 radical (unpaired) electrons. The summed E-state index contributed by atoms with van der Waals surface area (Å²) in [6.07, 6.45) is 5.29. The number of thiocarbonyl (C=S) groups is 1. The molecule has 0 amide bonds. The molecule has 2 heterocycles. The van der Waals surface area contributed by atoms with Crippen molar-refractivity contribution in [1.82, 2.24) is 15.3 Å². The molecule has 1 fully saturated rings. The standard InChI is InChI=1S/C21H28FN5OS/c1-15-6-3-4-13-27(15)18-14-19(28-2)25-20(24-18)26-21(29)23-12-5-7-16-8-10-17(22)11-9-16/h8-11,14-15H,3-7,12-13H2,1-2H3,(H2,23,24,25,26,29). The van der Waals surface area contributed by atoms with Gasteiger partial charge in [-0.25, -0.2) is 4.39 Å². The molecule has 6 nitrogen and oxygen atoms in total. The fraction of sp³-hybridized carbons (Fsp3) is 0.476. The smallest absolute Gasteiger partial charge is 0.234 e. The molecule has 0 aliphatic carbocycles. The van der Waals surface area contributed by atoms with E-state index >= 15 is 0 Å². The minimum Gasteiger partial charge on any atom is -0.481 e. The molecule has 156 valence electrons. The first kappa shape index (κ1) is 21.2. The maximum absolute atomic E-state index is 12.9. The highest BCUT2D eigenvalue weighted by Crippen LogP contribution is 2.26. The SMILES string of the molecule is COc1cc(N2CCCCC2C)nc(NC(=S)NCCCc2ccc(F)cc2)n1. The molecule has 1 saturated heterocycles. The van der Waals surface area contributed by atoms with Crippen LogP contribution in [0.1, 0.15) is 38.2 Å². The van der Waals surface area contributed by atoms with Crippen LogP contribution < -0.4 is 20.3 Å². The summed E-state index contributed by atoms with van der Waals surface area (Å²) in [4.78, 5) is 11.3. The van der Waals surface area contributed by atoms with Gasteiger partial charge in [-0.15, -0.1) is 0 Å². The minimum absolute atomic E-state index is 0.214. The number of rotatable bonds is 7. The number of nitrogens with zero attached hydrogens (tertiary/aromatic N) is 3. The van der Waals surface area contributed by atoms with Gasteiger partial charge >= 0.3 is 0 Å². The molecule has 0 spiro atoms. The number of halogens is 1. The van der Waals surface area contributed by atoms with Crippen LogP contribution >= 0.6 is 12.2 Å². The molecule has 1 atom stereocenters. The van der Waals surface area contributed by atoms with Crippen LogP contribution in [0.5, 0.6) is 5.88 Å². The highest BCUT2D eigenvalue weighted by atomic mass is 32.1. The van der Waals surface area contributed by atoms with Crippen molar-refractivity contribution in [3.05, 3.63) is 41.7 Å². The van der Waals surface area contributed by atoms with Crippen LogP contribution in [-0.4, -0.2) is 41.3 Å². The third-order valence-electron chi connectivity index (χ3n) is 5.06. The maximum atomic E-state index is 12.9. The zero-order valence-electron chi connectivity index (χ0n) is 16.9. The molecular weight excluding hydrogens is 389 g/mol. The number of ether oxygens (including phenoxy) is 1. The molecule has 1 unspecified atom stereocenters. The van der Waals surface area contributed by atoms with Gasteiger partial charge < -0.3 is 20.3 Å². The lowest BCUT2D eigenvalue weighted by Gasteiger charge is -2.34. The van der Waals surface area contributed by atoms with Gasteiger partial charge in [-0.3, -0.25) is 0 Å². The second kappa shape index (κ2) is 10.3. The van der Waals surface area contributed by atoms with Gasteiger partial charge in [0.25, 0.3) is 0 Å². The van der Waals surface area contributed by atoms with E-state index in [-0.39, 0.29) is 5.82 Å². The summed E-state index contributed by atoms with van der Waals surface area (Å²) in [5.74, 6) is 1.57. The van der Waals surface area contributed by atoms with Gasteiger partial charge in [-0.05, 0) is 68.9 Å². The van der Waals surface area contributed by atoms with Crippen LogP contribution in [0.25, 0.3) is 0 Å². The van der Waals surface area contributed by atoms with E-state index in [9.17, 15) is 4.39 Å². The number of nitrogens with one attached hydrogen (secondary N) is 2. The van der Waals surface area contributed by atoms with E-state index in [0.717, 1.165) is 43.6 Å². The zero-order valence-corrected chi connectivity index (χ0v) is 17.8. The number of piperidine rings is 1. The first-order chi connectivity index (χ1) is 14.0. The van der Waals surface area contributed by atoms with Crippen molar-refractivity contribution in [3.8, 4) is 5.88 Å². The number of aromatic nitrogens is 2. The van der Waals surface area contributed by atoms with Crippen molar-refractivity contribution >= 4 is 29.1 Å². The van der Waals surface area contributed by atoms with Crippen LogP contribution in [0.15, 0.2) is 30.3 Å². The Labute approximate surface area is 176 Å². The van der Waals surface area contributed by atoms with Crippen LogP contribution in [0.4, 0.5) is 16.2 Å². The first-order valence-corrected chi connectivity index (χ1v) is 10.4. The fourth-order valence-corrected chi connectivity index (χ4v) is 3.64. The van der Waals surface area contributed by atoms with Crippen molar-refractivity contribution < 1.29 is 9.13 Å². The summed E-state index contributed by atoms with van der Waals surface area (Å²) >= 11 is 5.38. The van der Waals surface area contributed by atoms with Gasteiger partial charge in [0.2, 0.25) is 11.8 Å². The van der Waals surface area contributed by atoms with E-state index in [2.05, 4.69) is 32.4 Å². The molecule has 0 bridgehead atoms. The number of anilines is 2. The van der Waals surface area contributed by atoms with E-state index < -0.39 is 0 Å². The van der Waals surface area contributed by atoms with Gasteiger partial charge in [0.05, 0.1) is 7.11 Å². The number of methoxy groups -OCH3 is 1. The van der Waals surface area contributed by atoms with Crippen molar-refractivity contribution in [2.75, 3.05) is 30.4 Å². The monoisotopic (exact) mass is 417 g/mol. The Hall–Kier alpha value is -2.48. The fourth-order valence-electron chi connectivity index (χ4n) is 3.45. The summed E-state index contributed by atoms with van der Waals surface area (Å²) in [5, 5.41) is 6.70. The number of aryl methyl sites for hydroxylation is 1. The normalized spacial score (nSPS) is 16.4. The average molecular weight is 418 g/mol. The van der Waals surface area contributed by atoms with E-state index in [1.54, 1.807) is 19.2 Å².